The zero-order valence-electron chi connectivity index (χ0n) is 9.79. The molecule has 2 N–H and O–H groups in total. The largest absolute Gasteiger partial charge is 0.385 e. The van der Waals surface area contributed by atoms with E-state index in [-0.39, 0.29) is 0 Å². The van der Waals surface area contributed by atoms with Crippen LogP contribution in [0.2, 0.25) is 0 Å². The van der Waals surface area contributed by atoms with Gasteiger partial charge < -0.3 is 10.5 Å². The molecule has 1 rings (SSSR count). The van der Waals surface area contributed by atoms with Crippen LogP contribution >= 0.6 is 0 Å². The number of hydrogen-bond acceptors (Lipinski definition) is 2. The van der Waals surface area contributed by atoms with Crippen LogP contribution in [0.15, 0.2) is 30.3 Å². The van der Waals surface area contributed by atoms with Gasteiger partial charge in [0.15, 0.2) is 0 Å². The van der Waals surface area contributed by atoms with Gasteiger partial charge in [-0.25, -0.2) is 0 Å². The maximum Gasteiger partial charge on any atom is 0.0433 e. The molecule has 0 aliphatic heterocycles. The molecule has 0 aliphatic rings. The highest BCUT2D eigenvalue weighted by Crippen LogP contribution is 1.94. The standard InChI is InChI=1S/C7H9N.C3H8O.C2H6/c8-6-7-4-2-1-3-5-7;1-3-4-2;1-2/h1-5H,6,8H2;3H2,1-2H3;1-2H3. The monoisotopic (exact) mass is 197 g/mol. The molecule has 0 aliphatic carbocycles. The molecule has 0 aromatic heterocycles. The van der Waals surface area contributed by atoms with Crippen molar-refractivity contribution in [3.05, 3.63) is 35.9 Å². The van der Waals surface area contributed by atoms with Gasteiger partial charge in [0, 0.05) is 20.3 Å². The predicted octanol–water partition coefficient (Wildman–Crippen LogP) is 2.82. The summed E-state index contributed by atoms with van der Waals surface area (Å²) in [6.45, 7) is 7.42. The van der Waals surface area contributed by atoms with Crippen LogP contribution in [0.4, 0.5) is 0 Å². The third-order valence-corrected chi connectivity index (χ3v) is 1.37. The lowest BCUT2D eigenvalue weighted by atomic mass is 10.2. The Labute approximate surface area is 88.1 Å². The summed E-state index contributed by atoms with van der Waals surface area (Å²) in [6, 6.07) is 9.99. The lowest BCUT2D eigenvalue weighted by Gasteiger charge is -1.90. The van der Waals surface area contributed by atoms with Gasteiger partial charge in [-0.15, -0.1) is 0 Å². The van der Waals surface area contributed by atoms with E-state index in [1.54, 1.807) is 7.11 Å². The first-order chi connectivity index (χ1) is 6.85. The molecule has 2 heteroatoms. The maximum absolute atomic E-state index is 5.35. The summed E-state index contributed by atoms with van der Waals surface area (Å²) in [6.07, 6.45) is 0. The fourth-order valence-electron chi connectivity index (χ4n) is 0.614. The van der Waals surface area contributed by atoms with Crippen molar-refractivity contribution in [1.29, 1.82) is 0 Å². The van der Waals surface area contributed by atoms with Gasteiger partial charge in [-0.2, -0.15) is 0 Å². The number of ether oxygens (including phenoxy) is 1. The zero-order valence-corrected chi connectivity index (χ0v) is 9.79. The van der Waals surface area contributed by atoms with Gasteiger partial charge in [-0.1, -0.05) is 44.2 Å². The van der Waals surface area contributed by atoms with Crippen LogP contribution in [0.25, 0.3) is 0 Å². The second kappa shape index (κ2) is 14.7. The molecule has 0 unspecified atom stereocenters. The molecule has 0 spiro atoms. The minimum absolute atomic E-state index is 0.640. The van der Waals surface area contributed by atoms with Crippen molar-refractivity contribution in [1.82, 2.24) is 0 Å². The normalized spacial score (nSPS) is 7.79. The number of methoxy groups -OCH3 is 1. The first kappa shape index (κ1) is 15.6. The molecule has 0 saturated carbocycles. The zero-order chi connectivity index (χ0) is 11.2. The van der Waals surface area contributed by atoms with Crippen molar-refractivity contribution in [2.75, 3.05) is 13.7 Å². The molecule has 0 radical (unpaired) electrons. The molecular weight excluding hydrogens is 174 g/mol. The third-order valence-electron chi connectivity index (χ3n) is 1.37. The lowest BCUT2D eigenvalue weighted by Crippen LogP contribution is -1.94. The summed E-state index contributed by atoms with van der Waals surface area (Å²) in [5, 5.41) is 0. The van der Waals surface area contributed by atoms with E-state index in [9.17, 15) is 0 Å². The van der Waals surface area contributed by atoms with E-state index in [1.165, 1.54) is 5.56 Å². The van der Waals surface area contributed by atoms with E-state index in [2.05, 4.69) is 4.74 Å². The summed E-state index contributed by atoms with van der Waals surface area (Å²) in [7, 11) is 1.68. The molecule has 2 nitrogen and oxygen atoms in total. The van der Waals surface area contributed by atoms with Crippen LogP contribution < -0.4 is 5.73 Å². The third kappa shape index (κ3) is 11.1. The van der Waals surface area contributed by atoms with E-state index >= 15 is 0 Å². The van der Waals surface area contributed by atoms with Crippen LogP contribution in [0.5, 0.6) is 0 Å². The number of nitrogens with two attached hydrogens (primary N) is 1. The van der Waals surface area contributed by atoms with Crippen LogP contribution in [-0.2, 0) is 11.3 Å². The average Bonchev–Trinajstić information content (AvgIpc) is 2.33. The molecule has 0 atom stereocenters. The summed E-state index contributed by atoms with van der Waals surface area (Å²) < 4.78 is 4.54. The number of hydrogen-bond donors (Lipinski definition) is 1. The van der Waals surface area contributed by atoms with Crippen molar-refractivity contribution in [2.24, 2.45) is 5.73 Å². The van der Waals surface area contributed by atoms with Crippen molar-refractivity contribution in [2.45, 2.75) is 27.3 Å². The molecule has 0 amide bonds. The fourth-order valence-corrected chi connectivity index (χ4v) is 0.614. The Hall–Kier alpha value is -0.860. The number of rotatable bonds is 2. The minimum Gasteiger partial charge on any atom is -0.385 e. The Morgan fingerprint density at radius 2 is 1.57 bits per heavy atom. The second-order valence-electron chi connectivity index (χ2n) is 2.27. The molecule has 0 heterocycles. The van der Waals surface area contributed by atoms with Gasteiger partial charge in [-0.05, 0) is 12.5 Å². The Balaban J connectivity index is 0. The molecule has 14 heavy (non-hydrogen) atoms. The molecule has 1 aromatic rings. The SMILES string of the molecule is CC.CCOC.NCc1ccccc1. The van der Waals surface area contributed by atoms with E-state index in [1.807, 2.05) is 51.1 Å². The van der Waals surface area contributed by atoms with Gasteiger partial charge in [-0.3, -0.25) is 0 Å². The molecule has 82 valence electrons. The quantitative estimate of drug-likeness (QED) is 0.791. The Morgan fingerprint density at radius 3 is 1.79 bits per heavy atom. The molecular formula is C12H23NO. The van der Waals surface area contributed by atoms with E-state index < -0.39 is 0 Å². The van der Waals surface area contributed by atoms with Crippen molar-refractivity contribution in [3.8, 4) is 0 Å². The van der Waals surface area contributed by atoms with Gasteiger partial charge in [0.2, 0.25) is 0 Å². The maximum atomic E-state index is 5.35. The topological polar surface area (TPSA) is 35.2 Å². The van der Waals surface area contributed by atoms with Gasteiger partial charge in [0.05, 0.1) is 0 Å². The summed E-state index contributed by atoms with van der Waals surface area (Å²) in [4.78, 5) is 0. The molecule has 0 bridgehead atoms. The van der Waals surface area contributed by atoms with E-state index in [0.29, 0.717) is 6.54 Å². The average molecular weight is 197 g/mol. The lowest BCUT2D eigenvalue weighted by molar-refractivity contribution is 0.215. The highest BCUT2D eigenvalue weighted by atomic mass is 16.5. The highest BCUT2D eigenvalue weighted by molar-refractivity contribution is 5.13. The van der Waals surface area contributed by atoms with Crippen molar-refractivity contribution < 1.29 is 4.74 Å². The molecule has 0 saturated heterocycles. The fraction of sp³-hybridized carbons (Fsp3) is 0.500. The Kier molecular flexibility index (Phi) is 16.3. The predicted molar refractivity (Wildman–Crippen MR) is 63.2 cm³/mol. The Morgan fingerprint density at radius 1 is 1.14 bits per heavy atom. The van der Waals surface area contributed by atoms with Crippen LogP contribution in [0.3, 0.4) is 0 Å². The smallest absolute Gasteiger partial charge is 0.0433 e. The molecule has 0 fully saturated rings. The van der Waals surface area contributed by atoms with Crippen LogP contribution in [0.1, 0.15) is 26.3 Å². The van der Waals surface area contributed by atoms with Crippen molar-refractivity contribution in [3.63, 3.8) is 0 Å². The number of benzene rings is 1. The van der Waals surface area contributed by atoms with Crippen LogP contribution in [0, 0.1) is 0 Å². The van der Waals surface area contributed by atoms with E-state index in [0.717, 1.165) is 6.61 Å². The Bertz CT molecular complexity index is 173. The first-order valence-electron chi connectivity index (χ1n) is 5.08. The van der Waals surface area contributed by atoms with Gasteiger partial charge in [0.25, 0.3) is 0 Å². The summed E-state index contributed by atoms with van der Waals surface area (Å²) in [5.41, 5.74) is 6.54. The second-order valence-corrected chi connectivity index (χ2v) is 2.27. The first-order valence-corrected chi connectivity index (χ1v) is 5.08. The molecule has 1 aromatic carbocycles. The highest BCUT2D eigenvalue weighted by Gasteiger charge is 1.80. The van der Waals surface area contributed by atoms with Crippen molar-refractivity contribution >= 4 is 0 Å². The van der Waals surface area contributed by atoms with E-state index in [4.69, 9.17) is 5.73 Å². The van der Waals surface area contributed by atoms with Gasteiger partial charge in [0.1, 0.15) is 0 Å². The van der Waals surface area contributed by atoms with Gasteiger partial charge >= 0.3 is 0 Å². The summed E-state index contributed by atoms with van der Waals surface area (Å²) >= 11 is 0. The van der Waals surface area contributed by atoms with Crippen LogP contribution in [-0.4, -0.2) is 13.7 Å². The summed E-state index contributed by atoms with van der Waals surface area (Å²) in [5.74, 6) is 0. The minimum atomic E-state index is 0.640.